The molecule has 1 aromatic heterocycles. The molecule has 0 radical (unpaired) electrons. The van der Waals surface area contributed by atoms with Crippen molar-refractivity contribution in [1.29, 1.82) is 0 Å². The van der Waals surface area contributed by atoms with E-state index >= 15 is 0 Å². The van der Waals surface area contributed by atoms with Gasteiger partial charge in [-0.2, -0.15) is 0 Å². The van der Waals surface area contributed by atoms with Crippen LogP contribution in [0.15, 0.2) is 35.1 Å². The van der Waals surface area contributed by atoms with Crippen LogP contribution in [0.3, 0.4) is 0 Å². The first-order valence-corrected chi connectivity index (χ1v) is 7.66. The highest BCUT2D eigenvalue weighted by Gasteiger charge is 2.15. The summed E-state index contributed by atoms with van der Waals surface area (Å²) in [5.41, 5.74) is 0.755. The summed E-state index contributed by atoms with van der Waals surface area (Å²) in [7, 11) is 0. The van der Waals surface area contributed by atoms with Crippen molar-refractivity contribution in [3.63, 3.8) is 0 Å². The number of rotatable bonds is 8. The van der Waals surface area contributed by atoms with E-state index in [-0.39, 0.29) is 18.4 Å². The van der Waals surface area contributed by atoms with Crippen molar-refractivity contribution < 1.29 is 18.7 Å². The van der Waals surface area contributed by atoms with Gasteiger partial charge in [-0.1, -0.05) is 6.92 Å². The van der Waals surface area contributed by atoms with Gasteiger partial charge in [0.1, 0.15) is 11.8 Å². The van der Waals surface area contributed by atoms with Crippen LogP contribution in [-0.2, 0) is 9.59 Å². The highest BCUT2D eigenvalue weighted by Crippen LogP contribution is 2.19. The Kier molecular flexibility index (Phi) is 6.30. The first-order valence-electron chi connectivity index (χ1n) is 7.66. The van der Waals surface area contributed by atoms with Gasteiger partial charge in [-0.25, -0.2) is 0 Å². The summed E-state index contributed by atoms with van der Waals surface area (Å²) < 4.78 is 10.5. The monoisotopic (exact) mass is 332 g/mol. The molecule has 8 heteroatoms. The van der Waals surface area contributed by atoms with Gasteiger partial charge in [0.15, 0.2) is 6.61 Å². The molecule has 2 N–H and O–H groups in total. The number of benzene rings is 1. The second-order valence-corrected chi connectivity index (χ2v) is 5.14. The normalized spacial score (nSPS) is 11.6. The maximum absolute atomic E-state index is 11.8. The highest BCUT2D eigenvalue weighted by molar-refractivity contribution is 5.87. The summed E-state index contributed by atoms with van der Waals surface area (Å²) in [4.78, 5) is 23.5. The Bertz CT molecular complexity index is 655. The van der Waals surface area contributed by atoms with E-state index in [0.29, 0.717) is 18.2 Å². The van der Waals surface area contributed by atoms with Crippen molar-refractivity contribution in [3.05, 3.63) is 30.7 Å². The van der Waals surface area contributed by atoms with Crippen LogP contribution in [0.2, 0.25) is 0 Å². The maximum atomic E-state index is 11.8. The first kappa shape index (κ1) is 17.5. The molecule has 2 rings (SSSR count). The number of aromatic nitrogens is 2. The fourth-order valence-electron chi connectivity index (χ4n) is 1.89. The minimum absolute atomic E-state index is 0.175. The Balaban J connectivity index is 1.78. The Hall–Kier alpha value is -2.90. The van der Waals surface area contributed by atoms with Gasteiger partial charge in [0.25, 0.3) is 5.91 Å². The predicted octanol–water partition coefficient (Wildman–Crippen LogP) is 1.15. The zero-order chi connectivity index (χ0) is 17.4. The SMILES string of the molecule is CCCNC(=O)[C@H](C)NC(=O)COc1ccc(-c2nnco2)cc1. The lowest BCUT2D eigenvalue weighted by atomic mass is 10.2. The number of carbonyl (C=O) groups excluding carboxylic acids is 2. The van der Waals surface area contributed by atoms with Gasteiger partial charge in [0, 0.05) is 12.1 Å². The van der Waals surface area contributed by atoms with Gasteiger partial charge in [-0.05, 0) is 37.6 Å². The molecule has 0 aliphatic carbocycles. The molecule has 2 aromatic rings. The van der Waals surface area contributed by atoms with Crippen molar-refractivity contribution in [3.8, 4) is 17.2 Å². The molecule has 0 bridgehead atoms. The van der Waals surface area contributed by atoms with Crippen LogP contribution in [0, 0.1) is 0 Å². The lowest BCUT2D eigenvalue weighted by molar-refractivity contribution is -0.129. The zero-order valence-electron chi connectivity index (χ0n) is 13.6. The molecule has 1 heterocycles. The fraction of sp³-hybridized carbons (Fsp3) is 0.375. The van der Waals surface area contributed by atoms with Gasteiger partial charge in [-0.15, -0.1) is 10.2 Å². The molecule has 1 atom stereocenters. The van der Waals surface area contributed by atoms with Crippen LogP contribution in [0.25, 0.3) is 11.5 Å². The van der Waals surface area contributed by atoms with E-state index in [2.05, 4.69) is 20.8 Å². The number of nitrogens with one attached hydrogen (secondary N) is 2. The molecule has 2 amide bonds. The van der Waals surface area contributed by atoms with E-state index in [1.165, 1.54) is 6.39 Å². The number of hydrogen-bond acceptors (Lipinski definition) is 6. The summed E-state index contributed by atoms with van der Waals surface area (Å²) in [5.74, 6) is 0.354. The third-order valence-corrected chi connectivity index (χ3v) is 3.15. The minimum Gasteiger partial charge on any atom is -0.484 e. The molecule has 0 saturated heterocycles. The third kappa shape index (κ3) is 5.08. The van der Waals surface area contributed by atoms with E-state index in [1.54, 1.807) is 31.2 Å². The molecule has 0 spiro atoms. The molecule has 24 heavy (non-hydrogen) atoms. The molecule has 0 saturated carbocycles. The Morgan fingerprint density at radius 3 is 2.67 bits per heavy atom. The standard InChI is InChI=1S/C16H20N4O4/c1-3-8-17-15(22)11(2)19-14(21)9-23-13-6-4-12(5-7-13)16-20-18-10-24-16/h4-7,10-11H,3,8-9H2,1-2H3,(H,17,22)(H,19,21)/t11-/m0/s1. The van der Waals surface area contributed by atoms with E-state index in [1.807, 2.05) is 6.92 Å². The quantitative estimate of drug-likeness (QED) is 0.751. The summed E-state index contributed by atoms with van der Waals surface area (Å²) >= 11 is 0. The number of carbonyl (C=O) groups is 2. The molecule has 0 fully saturated rings. The largest absolute Gasteiger partial charge is 0.484 e. The molecule has 0 unspecified atom stereocenters. The predicted molar refractivity (Wildman–Crippen MR) is 86.1 cm³/mol. The van der Waals surface area contributed by atoms with Crippen molar-refractivity contribution in [2.45, 2.75) is 26.3 Å². The second-order valence-electron chi connectivity index (χ2n) is 5.14. The van der Waals surface area contributed by atoms with Crippen LogP contribution < -0.4 is 15.4 Å². The smallest absolute Gasteiger partial charge is 0.258 e. The summed E-state index contributed by atoms with van der Waals surface area (Å²) in [6, 6.07) is 6.30. The van der Waals surface area contributed by atoms with E-state index in [0.717, 1.165) is 12.0 Å². The molecule has 0 aliphatic heterocycles. The van der Waals surface area contributed by atoms with E-state index < -0.39 is 6.04 Å². The second kappa shape index (κ2) is 8.66. The number of hydrogen-bond donors (Lipinski definition) is 2. The lowest BCUT2D eigenvalue weighted by Crippen LogP contribution is -2.46. The van der Waals surface area contributed by atoms with Crippen LogP contribution >= 0.6 is 0 Å². The average Bonchev–Trinajstić information content (AvgIpc) is 3.12. The van der Waals surface area contributed by atoms with Crippen LogP contribution in [0.4, 0.5) is 0 Å². The van der Waals surface area contributed by atoms with E-state index in [4.69, 9.17) is 9.15 Å². The maximum Gasteiger partial charge on any atom is 0.258 e. The number of ether oxygens (including phenoxy) is 1. The Labute approximate surface area is 139 Å². The summed E-state index contributed by atoms with van der Waals surface area (Å²) in [6.07, 6.45) is 2.09. The lowest BCUT2D eigenvalue weighted by Gasteiger charge is -2.14. The van der Waals surface area contributed by atoms with Gasteiger partial charge >= 0.3 is 0 Å². The summed E-state index contributed by atoms with van der Waals surface area (Å²) in [6.45, 7) is 4.00. The van der Waals surface area contributed by atoms with Crippen molar-refractivity contribution in [2.24, 2.45) is 0 Å². The molecular formula is C16H20N4O4. The molecule has 8 nitrogen and oxygen atoms in total. The van der Waals surface area contributed by atoms with E-state index in [9.17, 15) is 9.59 Å². The molecule has 1 aromatic carbocycles. The van der Waals surface area contributed by atoms with Gasteiger partial charge in [-0.3, -0.25) is 9.59 Å². The number of nitrogens with zero attached hydrogens (tertiary/aromatic N) is 2. The molecule has 0 aliphatic rings. The van der Waals surface area contributed by atoms with Gasteiger partial charge in [0.05, 0.1) is 0 Å². The van der Waals surface area contributed by atoms with Crippen LogP contribution in [0.5, 0.6) is 5.75 Å². The van der Waals surface area contributed by atoms with Crippen molar-refractivity contribution in [2.75, 3.05) is 13.2 Å². The first-order chi connectivity index (χ1) is 11.6. The third-order valence-electron chi connectivity index (χ3n) is 3.15. The van der Waals surface area contributed by atoms with Crippen molar-refractivity contribution >= 4 is 11.8 Å². The average molecular weight is 332 g/mol. The van der Waals surface area contributed by atoms with Gasteiger partial charge < -0.3 is 19.8 Å². The fourth-order valence-corrected chi connectivity index (χ4v) is 1.89. The van der Waals surface area contributed by atoms with Gasteiger partial charge in [0.2, 0.25) is 18.2 Å². The highest BCUT2D eigenvalue weighted by atomic mass is 16.5. The Morgan fingerprint density at radius 2 is 2.04 bits per heavy atom. The Morgan fingerprint density at radius 1 is 1.29 bits per heavy atom. The number of amides is 2. The van der Waals surface area contributed by atoms with Crippen molar-refractivity contribution in [1.82, 2.24) is 20.8 Å². The molecule has 128 valence electrons. The van der Waals surface area contributed by atoms with Crippen LogP contribution in [-0.4, -0.2) is 41.2 Å². The molecular weight excluding hydrogens is 312 g/mol. The minimum atomic E-state index is -0.604. The summed E-state index contributed by atoms with van der Waals surface area (Å²) in [5, 5.41) is 12.7. The topological polar surface area (TPSA) is 106 Å². The van der Waals surface area contributed by atoms with Crippen LogP contribution in [0.1, 0.15) is 20.3 Å². The zero-order valence-corrected chi connectivity index (χ0v) is 13.6.